The van der Waals surface area contributed by atoms with E-state index in [1.807, 2.05) is 0 Å². The second-order valence-electron chi connectivity index (χ2n) is 5.19. The summed E-state index contributed by atoms with van der Waals surface area (Å²) in [6.45, 7) is 3.92. The van der Waals surface area contributed by atoms with Crippen molar-refractivity contribution in [1.82, 2.24) is 10.6 Å². The molecule has 116 valence electrons. The Morgan fingerprint density at radius 3 is 2.52 bits per heavy atom. The highest BCUT2D eigenvalue weighted by Crippen LogP contribution is 2.11. The lowest BCUT2D eigenvalue weighted by Crippen LogP contribution is -2.48. The number of carbonyl (C=O) groups excluding carboxylic acids is 2. The summed E-state index contributed by atoms with van der Waals surface area (Å²) in [4.78, 5) is 22.9. The molecule has 0 atom stereocenters. The van der Waals surface area contributed by atoms with Crippen LogP contribution in [0.2, 0.25) is 0 Å². The number of carbonyl (C=O) groups is 2. The summed E-state index contributed by atoms with van der Waals surface area (Å²) in [5.41, 5.74) is -0.0348. The molecule has 0 aromatic heterocycles. The van der Waals surface area contributed by atoms with E-state index >= 15 is 0 Å². The van der Waals surface area contributed by atoms with Gasteiger partial charge in [-0.1, -0.05) is 6.07 Å². The molecule has 0 aliphatic carbocycles. The third kappa shape index (κ3) is 4.53. The zero-order valence-corrected chi connectivity index (χ0v) is 12.7. The Hall–Kier alpha value is -1.95. The van der Waals surface area contributed by atoms with Crippen LogP contribution in [0, 0.1) is 5.82 Å². The molecule has 0 unspecified atom stereocenters. The Morgan fingerprint density at radius 2 is 2.00 bits per heavy atom. The molecular weight excluding hydrogens is 275 g/mol. The average molecular weight is 296 g/mol. The van der Waals surface area contributed by atoms with Crippen LogP contribution < -0.4 is 10.6 Å². The van der Waals surface area contributed by atoms with Crippen molar-refractivity contribution in [3.8, 4) is 0 Å². The maximum absolute atomic E-state index is 13.8. The van der Waals surface area contributed by atoms with Crippen molar-refractivity contribution in [3.05, 3.63) is 35.1 Å². The fraction of sp³-hybridized carbons (Fsp3) is 0.467. The highest BCUT2D eigenvalue weighted by molar-refractivity contribution is 5.94. The third-order valence-electron chi connectivity index (χ3n) is 3.18. The first-order chi connectivity index (χ1) is 9.81. The fourth-order valence-corrected chi connectivity index (χ4v) is 1.88. The molecule has 0 saturated carbocycles. The summed E-state index contributed by atoms with van der Waals surface area (Å²) in [6, 6.07) is 4.48. The first-order valence-corrected chi connectivity index (χ1v) is 6.65. The topological polar surface area (TPSA) is 67.4 Å². The Kier molecular flexibility index (Phi) is 5.84. The summed E-state index contributed by atoms with van der Waals surface area (Å²) >= 11 is 0. The Bertz CT molecular complexity index is 530. The summed E-state index contributed by atoms with van der Waals surface area (Å²) < 4.78 is 18.5. The van der Waals surface area contributed by atoms with Gasteiger partial charge in [-0.15, -0.1) is 0 Å². The lowest BCUT2D eigenvalue weighted by atomic mass is 10.0. The molecule has 0 aliphatic heterocycles. The number of benzene rings is 1. The summed E-state index contributed by atoms with van der Waals surface area (Å²) in [5.74, 6) is -1.37. The third-order valence-corrected chi connectivity index (χ3v) is 3.18. The zero-order valence-electron chi connectivity index (χ0n) is 12.7. The van der Waals surface area contributed by atoms with E-state index < -0.39 is 17.3 Å². The van der Waals surface area contributed by atoms with E-state index in [2.05, 4.69) is 15.4 Å². The normalized spacial score (nSPS) is 11.1. The van der Waals surface area contributed by atoms with Gasteiger partial charge in [-0.3, -0.25) is 9.59 Å². The molecule has 0 fully saturated rings. The Balaban J connectivity index is 2.63. The van der Waals surface area contributed by atoms with Gasteiger partial charge in [-0.05, 0) is 38.0 Å². The number of nitrogens with one attached hydrogen (secondary N) is 2. The van der Waals surface area contributed by atoms with Crippen molar-refractivity contribution in [2.24, 2.45) is 0 Å². The number of halogens is 1. The molecule has 0 spiro atoms. The quantitative estimate of drug-likeness (QED) is 0.776. The van der Waals surface area contributed by atoms with E-state index in [1.165, 1.54) is 26.3 Å². The summed E-state index contributed by atoms with van der Waals surface area (Å²) in [7, 11) is 2.78. The largest absolute Gasteiger partial charge is 0.468 e. The number of ether oxygens (including phenoxy) is 1. The first kappa shape index (κ1) is 17.1. The monoisotopic (exact) mass is 296 g/mol. The van der Waals surface area contributed by atoms with Crippen LogP contribution in [0.1, 0.15) is 29.8 Å². The molecule has 2 N–H and O–H groups in total. The van der Waals surface area contributed by atoms with Crippen LogP contribution >= 0.6 is 0 Å². The van der Waals surface area contributed by atoms with Gasteiger partial charge in [-0.25, -0.2) is 4.39 Å². The molecular formula is C15H21FN2O3. The SMILES string of the molecule is CNC(=O)c1ccc(CCNC(C)(C)C(=O)OC)cc1F. The van der Waals surface area contributed by atoms with Crippen LogP contribution in [0.3, 0.4) is 0 Å². The number of rotatable bonds is 6. The van der Waals surface area contributed by atoms with Crippen LogP contribution in [0.5, 0.6) is 0 Å². The zero-order chi connectivity index (χ0) is 16.0. The molecule has 5 nitrogen and oxygen atoms in total. The number of amides is 1. The van der Waals surface area contributed by atoms with Crippen molar-refractivity contribution in [3.63, 3.8) is 0 Å². The van der Waals surface area contributed by atoms with Crippen LogP contribution in [0.15, 0.2) is 18.2 Å². The van der Waals surface area contributed by atoms with Crippen molar-refractivity contribution in [2.45, 2.75) is 25.8 Å². The van der Waals surface area contributed by atoms with Gasteiger partial charge in [0.05, 0.1) is 12.7 Å². The van der Waals surface area contributed by atoms with Crippen molar-refractivity contribution in [2.75, 3.05) is 20.7 Å². The smallest absolute Gasteiger partial charge is 0.325 e. The molecule has 1 aromatic rings. The molecule has 0 saturated heterocycles. The minimum absolute atomic E-state index is 0.0177. The summed E-state index contributed by atoms with van der Waals surface area (Å²) in [6.07, 6.45) is 0.533. The molecule has 0 radical (unpaired) electrons. The van der Waals surface area contributed by atoms with Gasteiger partial charge in [0, 0.05) is 13.6 Å². The van der Waals surface area contributed by atoms with Crippen LogP contribution in [-0.2, 0) is 16.0 Å². The van der Waals surface area contributed by atoms with E-state index in [4.69, 9.17) is 0 Å². The van der Waals surface area contributed by atoms with Crippen LogP contribution in [-0.4, -0.2) is 38.1 Å². The minimum Gasteiger partial charge on any atom is -0.468 e. The standard InChI is InChI=1S/C15H21FN2O3/c1-15(2,14(20)21-4)18-8-7-10-5-6-11(12(16)9-10)13(19)17-3/h5-6,9,18H,7-8H2,1-4H3,(H,17,19). The number of methoxy groups -OCH3 is 1. The number of esters is 1. The van der Waals surface area contributed by atoms with E-state index in [0.717, 1.165) is 5.56 Å². The molecule has 1 rings (SSSR count). The van der Waals surface area contributed by atoms with Gasteiger partial charge in [0.25, 0.3) is 5.91 Å². The van der Waals surface area contributed by atoms with Gasteiger partial charge in [0.15, 0.2) is 0 Å². The highest BCUT2D eigenvalue weighted by Gasteiger charge is 2.27. The van der Waals surface area contributed by atoms with Gasteiger partial charge in [0.2, 0.25) is 0 Å². The van der Waals surface area contributed by atoms with Crippen LogP contribution in [0.4, 0.5) is 4.39 Å². The van der Waals surface area contributed by atoms with E-state index in [9.17, 15) is 14.0 Å². The fourth-order valence-electron chi connectivity index (χ4n) is 1.88. The second kappa shape index (κ2) is 7.17. The van der Waals surface area contributed by atoms with Crippen molar-refractivity contribution in [1.29, 1.82) is 0 Å². The maximum Gasteiger partial charge on any atom is 0.325 e. The predicted octanol–water partition coefficient (Wildman–Crippen LogP) is 1.27. The highest BCUT2D eigenvalue weighted by atomic mass is 19.1. The lowest BCUT2D eigenvalue weighted by Gasteiger charge is -2.23. The second-order valence-corrected chi connectivity index (χ2v) is 5.19. The van der Waals surface area contributed by atoms with Gasteiger partial charge < -0.3 is 15.4 Å². The maximum atomic E-state index is 13.8. The number of hydrogen-bond donors (Lipinski definition) is 2. The van der Waals surface area contributed by atoms with Crippen molar-refractivity contribution < 1.29 is 18.7 Å². The predicted molar refractivity (Wildman–Crippen MR) is 77.6 cm³/mol. The van der Waals surface area contributed by atoms with E-state index in [-0.39, 0.29) is 11.5 Å². The molecule has 1 aromatic carbocycles. The first-order valence-electron chi connectivity index (χ1n) is 6.65. The van der Waals surface area contributed by atoms with Gasteiger partial charge >= 0.3 is 5.97 Å². The average Bonchev–Trinajstić information content (AvgIpc) is 2.45. The number of hydrogen-bond acceptors (Lipinski definition) is 4. The van der Waals surface area contributed by atoms with Gasteiger partial charge in [-0.2, -0.15) is 0 Å². The molecule has 21 heavy (non-hydrogen) atoms. The van der Waals surface area contributed by atoms with Gasteiger partial charge in [0.1, 0.15) is 11.4 Å². The Labute approximate surface area is 123 Å². The van der Waals surface area contributed by atoms with Crippen LogP contribution in [0.25, 0.3) is 0 Å². The molecule has 0 heterocycles. The molecule has 0 bridgehead atoms. The van der Waals surface area contributed by atoms with E-state index in [0.29, 0.717) is 13.0 Å². The molecule has 1 amide bonds. The molecule has 0 aliphatic rings. The minimum atomic E-state index is -0.796. The lowest BCUT2D eigenvalue weighted by molar-refractivity contribution is -0.147. The Morgan fingerprint density at radius 1 is 1.33 bits per heavy atom. The summed E-state index contributed by atoms with van der Waals surface area (Å²) in [5, 5.41) is 5.43. The molecule has 6 heteroatoms. The van der Waals surface area contributed by atoms with E-state index in [1.54, 1.807) is 19.9 Å². The van der Waals surface area contributed by atoms with Crippen molar-refractivity contribution >= 4 is 11.9 Å².